The van der Waals surface area contributed by atoms with Crippen molar-refractivity contribution in [1.82, 2.24) is 10.1 Å². The summed E-state index contributed by atoms with van der Waals surface area (Å²) in [5.41, 5.74) is -0.0862. The predicted molar refractivity (Wildman–Crippen MR) is 72.4 cm³/mol. The first-order valence-electron chi connectivity index (χ1n) is 5.21. The van der Waals surface area contributed by atoms with Crippen LogP contribution in [-0.4, -0.2) is 15.2 Å². The van der Waals surface area contributed by atoms with Crippen LogP contribution in [0, 0.1) is 5.82 Å². The first-order chi connectivity index (χ1) is 9.15. The molecular weight excluding hydrogens is 335 g/mol. The molecule has 0 aliphatic carbocycles. The van der Waals surface area contributed by atoms with Gasteiger partial charge in [-0.15, -0.1) is 11.3 Å². The van der Waals surface area contributed by atoms with Gasteiger partial charge < -0.3 is 9.63 Å². The van der Waals surface area contributed by atoms with Crippen LogP contribution in [0.15, 0.2) is 38.6 Å². The summed E-state index contributed by atoms with van der Waals surface area (Å²) in [7, 11) is 0. The average Bonchev–Trinajstić information content (AvgIpc) is 2.98. The number of halogens is 2. The van der Waals surface area contributed by atoms with Crippen molar-refractivity contribution in [2.24, 2.45) is 0 Å². The van der Waals surface area contributed by atoms with Gasteiger partial charge in [0.2, 0.25) is 5.82 Å². The van der Waals surface area contributed by atoms with E-state index in [1.807, 2.05) is 11.4 Å². The summed E-state index contributed by atoms with van der Waals surface area (Å²) in [6.07, 6.45) is 0. The molecule has 96 valence electrons. The number of hydrogen-bond donors (Lipinski definition) is 1. The molecule has 4 nitrogen and oxygen atoms in total. The minimum atomic E-state index is -0.609. The van der Waals surface area contributed by atoms with Crippen LogP contribution >= 0.6 is 27.3 Å². The van der Waals surface area contributed by atoms with Gasteiger partial charge in [0.25, 0.3) is 5.89 Å². The SMILES string of the molecule is Oc1cccc(F)c1-c1nc(-c2cc(Br)cs2)no1. The number of nitrogens with zero attached hydrogens (tertiary/aromatic N) is 2. The van der Waals surface area contributed by atoms with Crippen molar-refractivity contribution in [3.63, 3.8) is 0 Å². The number of phenols is 1. The molecule has 2 heterocycles. The molecular formula is C12H6BrFN2O2S. The number of aromatic hydroxyl groups is 1. The first-order valence-corrected chi connectivity index (χ1v) is 6.88. The van der Waals surface area contributed by atoms with Crippen LogP contribution < -0.4 is 0 Å². The Morgan fingerprint density at radius 2 is 2.21 bits per heavy atom. The minimum absolute atomic E-state index is 0.0462. The third-order valence-corrected chi connectivity index (χ3v) is 4.11. The fourth-order valence-electron chi connectivity index (χ4n) is 1.58. The van der Waals surface area contributed by atoms with Crippen molar-refractivity contribution in [2.45, 2.75) is 0 Å². The van der Waals surface area contributed by atoms with E-state index >= 15 is 0 Å². The lowest BCUT2D eigenvalue weighted by atomic mass is 10.2. The topological polar surface area (TPSA) is 59.2 Å². The van der Waals surface area contributed by atoms with Crippen molar-refractivity contribution < 1.29 is 14.0 Å². The summed E-state index contributed by atoms with van der Waals surface area (Å²) in [6, 6.07) is 5.83. The molecule has 19 heavy (non-hydrogen) atoms. The quantitative estimate of drug-likeness (QED) is 0.763. The van der Waals surface area contributed by atoms with Gasteiger partial charge in [0, 0.05) is 9.85 Å². The third kappa shape index (κ3) is 2.26. The number of benzene rings is 1. The molecule has 0 aliphatic heterocycles. The van der Waals surface area contributed by atoms with E-state index in [1.54, 1.807) is 0 Å². The highest BCUT2D eigenvalue weighted by molar-refractivity contribution is 9.10. The highest BCUT2D eigenvalue weighted by Crippen LogP contribution is 2.33. The molecule has 3 aromatic rings. The van der Waals surface area contributed by atoms with E-state index in [9.17, 15) is 9.50 Å². The molecule has 2 aromatic heterocycles. The Hall–Kier alpha value is -1.73. The number of rotatable bonds is 2. The molecule has 1 N–H and O–H groups in total. The molecule has 0 spiro atoms. The number of phenolic OH excluding ortho intramolecular Hbond substituents is 1. The zero-order valence-electron chi connectivity index (χ0n) is 9.30. The van der Waals surface area contributed by atoms with Crippen LogP contribution in [0.2, 0.25) is 0 Å². The summed E-state index contributed by atoms with van der Waals surface area (Å²) in [5.74, 6) is -0.534. The molecule has 3 rings (SSSR count). The number of thiophene rings is 1. The second-order valence-corrected chi connectivity index (χ2v) is 5.51. The van der Waals surface area contributed by atoms with E-state index in [0.29, 0.717) is 5.82 Å². The maximum atomic E-state index is 13.7. The van der Waals surface area contributed by atoms with Crippen molar-refractivity contribution in [3.05, 3.63) is 39.9 Å². The maximum absolute atomic E-state index is 13.7. The lowest BCUT2D eigenvalue weighted by Gasteiger charge is -1.99. The van der Waals surface area contributed by atoms with Gasteiger partial charge in [0.05, 0.1) is 4.88 Å². The van der Waals surface area contributed by atoms with Gasteiger partial charge in [-0.3, -0.25) is 0 Å². The minimum Gasteiger partial charge on any atom is -0.507 e. The fraction of sp³-hybridized carbons (Fsp3) is 0. The van der Waals surface area contributed by atoms with Crippen LogP contribution in [0.25, 0.3) is 22.2 Å². The van der Waals surface area contributed by atoms with Gasteiger partial charge in [-0.1, -0.05) is 11.2 Å². The second kappa shape index (κ2) is 4.75. The molecule has 0 bridgehead atoms. The van der Waals surface area contributed by atoms with Crippen molar-refractivity contribution in [1.29, 1.82) is 0 Å². The highest BCUT2D eigenvalue weighted by atomic mass is 79.9. The zero-order valence-corrected chi connectivity index (χ0v) is 11.7. The Morgan fingerprint density at radius 1 is 1.37 bits per heavy atom. The average molecular weight is 341 g/mol. The van der Waals surface area contributed by atoms with Crippen LogP contribution in [-0.2, 0) is 0 Å². The molecule has 0 unspecified atom stereocenters. The predicted octanol–water partition coefficient (Wildman–Crippen LogP) is 4.07. The molecule has 0 saturated heterocycles. The smallest absolute Gasteiger partial charge is 0.265 e. The van der Waals surface area contributed by atoms with Gasteiger partial charge in [-0.25, -0.2) is 4.39 Å². The second-order valence-electron chi connectivity index (χ2n) is 3.69. The molecule has 0 aliphatic rings. The maximum Gasteiger partial charge on any atom is 0.265 e. The van der Waals surface area contributed by atoms with Gasteiger partial charge in [-0.05, 0) is 34.1 Å². The Morgan fingerprint density at radius 3 is 2.89 bits per heavy atom. The Balaban J connectivity index is 2.06. The van der Waals surface area contributed by atoms with Crippen LogP contribution in [0.1, 0.15) is 0 Å². The molecule has 7 heteroatoms. The van der Waals surface area contributed by atoms with E-state index in [1.165, 1.54) is 29.5 Å². The van der Waals surface area contributed by atoms with Crippen LogP contribution in [0.4, 0.5) is 4.39 Å². The van der Waals surface area contributed by atoms with Crippen molar-refractivity contribution in [3.8, 4) is 27.9 Å². The largest absolute Gasteiger partial charge is 0.507 e. The molecule has 0 amide bonds. The normalized spacial score (nSPS) is 10.8. The lowest BCUT2D eigenvalue weighted by molar-refractivity contribution is 0.421. The first kappa shape index (κ1) is 12.3. The van der Waals surface area contributed by atoms with Crippen molar-refractivity contribution in [2.75, 3.05) is 0 Å². The lowest BCUT2D eigenvalue weighted by Crippen LogP contribution is -1.85. The van der Waals surface area contributed by atoms with Crippen LogP contribution in [0.3, 0.4) is 0 Å². The number of hydrogen-bond acceptors (Lipinski definition) is 5. The zero-order chi connectivity index (χ0) is 13.4. The van der Waals surface area contributed by atoms with Crippen LogP contribution in [0.5, 0.6) is 5.75 Å². The summed E-state index contributed by atoms with van der Waals surface area (Å²) < 4.78 is 19.6. The molecule has 0 fully saturated rings. The summed E-state index contributed by atoms with van der Waals surface area (Å²) in [4.78, 5) is 4.89. The van der Waals surface area contributed by atoms with Gasteiger partial charge in [0.1, 0.15) is 17.1 Å². The van der Waals surface area contributed by atoms with Crippen molar-refractivity contribution >= 4 is 27.3 Å². The van der Waals surface area contributed by atoms with E-state index in [4.69, 9.17) is 4.52 Å². The molecule has 0 saturated carbocycles. The van der Waals surface area contributed by atoms with Gasteiger partial charge in [0.15, 0.2) is 0 Å². The standard InChI is InChI=1S/C12H6BrFN2O2S/c13-6-4-9(19-5-6)11-15-12(18-16-11)10-7(14)2-1-3-8(10)17/h1-5,17H. The van der Waals surface area contributed by atoms with Gasteiger partial charge in [-0.2, -0.15) is 4.98 Å². The fourth-order valence-corrected chi connectivity index (χ4v) is 2.93. The monoisotopic (exact) mass is 340 g/mol. The number of aromatic nitrogens is 2. The molecule has 0 atom stereocenters. The molecule has 1 aromatic carbocycles. The Labute approximate surface area is 119 Å². The van der Waals surface area contributed by atoms with E-state index in [2.05, 4.69) is 26.1 Å². The van der Waals surface area contributed by atoms with E-state index in [0.717, 1.165) is 9.35 Å². The third-order valence-electron chi connectivity index (χ3n) is 2.42. The molecule has 0 radical (unpaired) electrons. The summed E-state index contributed by atoms with van der Waals surface area (Å²) >= 11 is 4.76. The highest BCUT2D eigenvalue weighted by Gasteiger charge is 2.18. The Bertz CT molecular complexity index is 721. The summed E-state index contributed by atoms with van der Waals surface area (Å²) in [5, 5.41) is 15.3. The van der Waals surface area contributed by atoms with Gasteiger partial charge >= 0.3 is 0 Å². The van der Waals surface area contributed by atoms with E-state index in [-0.39, 0.29) is 17.2 Å². The Kier molecular flexibility index (Phi) is 3.08. The summed E-state index contributed by atoms with van der Waals surface area (Å²) in [6.45, 7) is 0. The van der Waals surface area contributed by atoms with E-state index < -0.39 is 5.82 Å².